The van der Waals surface area contributed by atoms with Crippen molar-refractivity contribution in [1.82, 2.24) is 10.2 Å². The molecule has 3 heteroatoms. The van der Waals surface area contributed by atoms with Crippen LogP contribution in [0.15, 0.2) is 18.2 Å². The number of piperazine rings is 2. The fraction of sp³-hybridized carbons (Fsp3) is 0.625. The molecule has 0 aromatic heterocycles. The molecule has 3 rings (SSSR count). The highest BCUT2D eigenvalue weighted by molar-refractivity contribution is 5.60. The lowest BCUT2D eigenvalue weighted by Crippen LogP contribution is -2.61. The molecule has 2 aliphatic heterocycles. The van der Waals surface area contributed by atoms with Gasteiger partial charge in [0.1, 0.15) is 0 Å². The molecule has 2 heterocycles. The molecule has 3 nitrogen and oxygen atoms in total. The Balaban J connectivity index is 1.83. The van der Waals surface area contributed by atoms with E-state index in [-0.39, 0.29) is 0 Å². The van der Waals surface area contributed by atoms with Crippen LogP contribution in [0.3, 0.4) is 0 Å². The van der Waals surface area contributed by atoms with E-state index >= 15 is 0 Å². The van der Waals surface area contributed by atoms with Crippen LogP contribution in [-0.2, 0) is 6.42 Å². The maximum absolute atomic E-state index is 3.53. The van der Waals surface area contributed by atoms with Crippen molar-refractivity contribution >= 4 is 5.69 Å². The predicted molar refractivity (Wildman–Crippen MR) is 81.0 cm³/mol. The van der Waals surface area contributed by atoms with Crippen molar-refractivity contribution in [1.29, 1.82) is 0 Å². The monoisotopic (exact) mass is 259 g/mol. The fourth-order valence-electron chi connectivity index (χ4n) is 3.53. The van der Waals surface area contributed by atoms with E-state index in [0.29, 0.717) is 6.04 Å². The summed E-state index contributed by atoms with van der Waals surface area (Å²) in [4.78, 5) is 5.26. The second kappa shape index (κ2) is 5.51. The molecule has 0 bridgehead atoms. The first-order valence-electron chi connectivity index (χ1n) is 7.57. The smallest absolute Gasteiger partial charge is 0.0429 e. The van der Waals surface area contributed by atoms with Crippen molar-refractivity contribution in [2.75, 3.05) is 44.2 Å². The first-order chi connectivity index (χ1) is 9.29. The normalized spacial score (nSPS) is 24.3. The molecule has 1 unspecified atom stereocenters. The molecule has 1 N–H and O–H groups in total. The summed E-state index contributed by atoms with van der Waals surface area (Å²) >= 11 is 0. The highest BCUT2D eigenvalue weighted by Gasteiger charge is 2.29. The number of nitrogens with zero attached hydrogens (tertiary/aromatic N) is 2. The molecular weight excluding hydrogens is 234 g/mol. The number of benzene rings is 1. The Kier molecular flexibility index (Phi) is 3.76. The molecule has 0 radical (unpaired) electrons. The highest BCUT2D eigenvalue weighted by Crippen LogP contribution is 2.28. The van der Waals surface area contributed by atoms with Gasteiger partial charge >= 0.3 is 0 Å². The molecule has 0 amide bonds. The van der Waals surface area contributed by atoms with E-state index in [1.54, 1.807) is 0 Å². The number of hydrogen-bond acceptors (Lipinski definition) is 3. The van der Waals surface area contributed by atoms with Crippen molar-refractivity contribution in [3.05, 3.63) is 29.3 Å². The van der Waals surface area contributed by atoms with Crippen LogP contribution in [0, 0.1) is 6.92 Å². The summed E-state index contributed by atoms with van der Waals surface area (Å²) in [6.07, 6.45) is 1.13. The van der Waals surface area contributed by atoms with Crippen LogP contribution in [0.2, 0.25) is 0 Å². The molecule has 19 heavy (non-hydrogen) atoms. The van der Waals surface area contributed by atoms with Gasteiger partial charge in [-0.3, -0.25) is 4.90 Å². The first kappa shape index (κ1) is 12.9. The summed E-state index contributed by atoms with van der Waals surface area (Å²) in [5.41, 5.74) is 4.42. The Morgan fingerprint density at radius 2 is 2.16 bits per heavy atom. The van der Waals surface area contributed by atoms with Gasteiger partial charge in [-0.25, -0.2) is 0 Å². The Morgan fingerprint density at radius 1 is 1.26 bits per heavy atom. The van der Waals surface area contributed by atoms with Gasteiger partial charge in [0, 0.05) is 51.0 Å². The molecular formula is C16H25N3. The lowest BCUT2D eigenvalue weighted by Gasteiger charge is -2.45. The average Bonchev–Trinajstić information content (AvgIpc) is 2.46. The number of para-hydroxylation sites is 1. The third-order valence-electron chi connectivity index (χ3n) is 4.58. The van der Waals surface area contributed by atoms with E-state index in [2.05, 4.69) is 47.2 Å². The van der Waals surface area contributed by atoms with Gasteiger partial charge in [0.15, 0.2) is 0 Å². The third-order valence-corrected chi connectivity index (χ3v) is 4.58. The maximum atomic E-state index is 3.53. The van der Waals surface area contributed by atoms with Crippen LogP contribution >= 0.6 is 0 Å². The van der Waals surface area contributed by atoms with Crippen molar-refractivity contribution in [3.63, 3.8) is 0 Å². The van der Waals surface area contributed by atoms with Gasteiger partial charge in [0.05, 0.1) is 0 Å². The second-order valence-electron chi connectivity index (χ2n) is 5.78. The summed E-state index contributed by atoms with van der Waals surface area (Å²) in [6.45, 7) is 11.6. The summed E-state index contributed by atoms with van der Waals surface area (Å²) in [7, 11) is 0. The lowest BCUT2D eigenvalue weighted by molar-refractivity contribution is 0.145. The van der Waals surface area contributed by atoms with Gasteiger partial charge in [-0.15, -0.1) is 0 Å². The molecule has 1 atom stereocenters. The van der Waals surface area contributed by atoms with Crippen molar-refractivity contribution < 1.29 is 0 Å². The van der Waals surface area contributed by atoms with Crippen LogP contribution < -0.4 is 10.2 Å². The van der Waals surface area contributed by atoms with Crippen LogP contribution in [0.5, 0.6) is 0 Å². The number of nitrogens with one attached hydrogen (secondary N) is 1. The molecule has 2 fully saturated rings. The zero-order valence-electron chi connectivity index (χ0n) is 12.2. The molecule has 2 aliphatic rings. The fourth-order valence-corrected chi connectivity index (χ4v) is 3.53. The largest absolute Gasteiger partial charge is 0.368 e. The number of fused-ring (bicyclic) bond motifs is 1. The van der Waals surface area contributed by atoms with E-state index in [1.807, 2.05) is 0 Å². The molecule has 1 aromatic carbocycles. The zero-order valence-corrected chi connectivity index (χ0v) is 12.2. The maximum Gasteiger partial charge on any atom is 0.0429 e. The summed E-state index contributed by atoms with van der Waals surface area (Å²) in [5, 5.41) is 3.53. The Morgan fingerprint density at radius 3 is 3.00 bits per heavy atom. The zero-order chi connectivity index (χ0) is 13.2. The predicted octanol–water partition coefficient (Wildman–Crippen LogP) is 1.65. The van der Waals surface area contributed by atoms with Crippen molar-refractivity contribution in [3.8, 4) is 0 Å². The minimum atomic E-state index is 0.687. The molecule has 0 spiro atoms. The van der Waals surface area contributed by atoms with Gasteiger partial charge in [-0.05, 0) is 24.5 Å². The molecule has 1 aromatic rings. The Hall–Kier alpha value is -1.06. The van der Waals surface area contributed by atoms with Crippen LogP contribution in [0.25, 0.3) is 0 Å². The standard InChI is InChI=1S/C16H25N3/c1-3-14-6-4-5-13(2)16(14)19-10-9-18-8-7-17-11-15(18)12-19/h4-6,15,17H,3,7-12H2,1-2H3. The van der Waals surface area contributed by atoms with E-state index in [4.69, 9.17) is 0 Å². The van der Waals surface area contributed by atoms with Gasteiger partial charge < -0.3 is 10.2 Å². The van der Waals surface area contributed by atoms with Crippen LogP contribution in [-0.4, -0.2) is 50.2 Å². The number of rotatable bonds is 2. The summed E-state index contributed by atoms with van der Waals surface area (Å²) in [5.74, 6) is 0. The lowest BCUT2D eigenvalue weighted by atomic mass is 10.0. The Bertz CT molecular complexity index is 444. The topological polar surface area (TPSA) is 18.5 Å². The first-order valence-corrected chi connectivity index (χ1v) is 7.57. The average molecular weight is 259 g/mol. The second-order valence-corrected chi connectivity index (χ2v) is 5.78. The van der Waals surface area contributed by atoms with Crippen LogP contribution in [0.4, 0.5) is 5.69 Å². The molecule has 104 valence electrons. The van der Waals surface area contributed by atoms with Crippen molar-refractivity contribution in [2.24, 2.45) is 0 Å². The molecule has 2 saturated heterocycles. The molecule has 0 saturated carbocycles. The Labute approximate surface area is 116 Å². The van der Waals surface area contributed by atoms with E-state index in [0.717, 1.165) is 19.5 Å². The number of aryl methyl sites for hydroxylation is 2. The molecule has 0 aliphatic carbocycles. The third kappa shape index (κ3) is 2.49. The van der Waals surface area contributed by atoms with E-state index in [1.165, 1.54) is 43.0 Å². The van der Waals surface area contributed by atoms with E-state index < -0.39 is 0 Å². The van der Waals surface area contributed by atoms with Gasteiger partial charge in [-0.1, -0.05) is 25.1 Å². The quantitative estimate of drug-likeness (QED) is 0.871. The highest BCUT2D eigenvalue weighted by atomic mass is 15.3. The van der Waals surface area contributed by atoms with Gasteiger partial charge in [-0.2, -0.15) is 0 Å². The van der Waals surface area contributed by atoms with Crippen molar-refractivity contribution in [2.45, 2.75) is 26.3 Å². The van der Waals surface area contributed by atoms with Gasteiger partial charge in [0.25, 0.3) is 0 Å². The summed E-state index contributed by atoms with van der Waals surface area (Å²) < 4.78 is 0. The minimum absolute atomic E-state index is 0.687. The van der Waals surface area contributed by atoms with E-state index in [9.17, 15) is 0 Å². The van der Waals surface area contributed by atoms with Crippen LogP contribution in [0.1, 0.15) is 18.1 Å². The number of anilines is 1. The number of hydrogen-bond donors (Lipinski definition) is 1. The SMILES string of the molecule is CCc1cccc(C)c1N1CCN2CCNCC2C1. The minimum Gasteiger partial charge on any atom is -0.368 e. The van der Waals surface area contributed by atoms with Gasteiger partial charge in [0.2, 0.25) is 0 Å². The summed E-state index contributed by atoms with van der Waals surface area (Å²) in [6, 6.07) is 7.41.